The smallest absolute Gasteiger partial charge is 0.225 e. The fourth-order valence-electron chi connectivity index (χ4n) is 1.77. The molecule has 94 valence electrons. The van der Waals surface area contributed by atoms with Gasteiger partial charge in [-0.05, 0) is 18.4 Å². The van der Waals surface area contributed by atoms with E-state index in [1.165, 1.54) is 5.56 Å². The summed E-state index contributed by atoms with van der Waals surface area (Å²) in [6.07, 6.45) is 2.04. The highest BCUT2D eigenvalue weighted by molar-refractivity contribution is 5.85. The molecule has 1 aromatic rings. The standard InChI is InChI=1S/C13H18N2O.ClH/c16-13(12-9-14-10-12)15-8-4-7-11-5-2-1-3-6-11;/h1-3,5-6,12,14H,4,7-10H2,(H,15,16);1H. The molecule has 1 saturated heterocycles. The van der Waals surface area contributed by atoms with E-state index in [4.69, 9.17) is 0 Å². The minimum atomic E-state index is 0. The normalized spacial score (nSPS) is 14.6. The molecule has 2 N–H and O–H groups in total. The fourth-order valence-corrected chi connectivity index (χ4v) is 1.77. The van der Waals surface area contributed by atoms with Crippen LogP contribution in [0, 0.1) is 5.92 Å². The summed E-state index contributed by atoms with van der Waals surface area (Å²) in [6, 6.07) is 10.4. The zero-order valence-electron chi connectivity index (χ0n) is 9.82. The Morgan fingerprint density at radius 1 is 1.29 bits per heavy atom. The first-order chi connectivity index (χ1) is 7.86. The number of benzene rings is 1. The van der Waals surface area contributed by atoms with Crippen LogP contribution in [-0.2, 0) is 11.2 Å². The second-order valence-electron chi connectivity index (χ2n) is 4.24. The molecular weight excluding hydrogens is 236 g/mol. The summed E-state index contributed by atoms with van der Waals surface area (Å²) in [5.74, 6) is 0.406. The Labute approximate surface area is 108 Å². The van der Waals surface area contributed by atoms with E-state index in [0.29, 0.717) is 0 Å². The number of aryl methyl sites for hydroxylation is 1. The van der Waals surface area contributed by atoms with Gasteiger partial charge in [0.05, 0.1) is 5.92 Å². The Bertz CT molecular complexity index is 339. The van der Waals surface area contributed by atoms with E-state index in [2.05, 4.69) is 22.8 Å². The predicted octanol–water partition coefficient (Wildman–Crippen LogP) is 1.38. The molecule has 17 heavy (non-hydrogen) atoms. The summed E-state index contributed by atoms with van der Waals surface area (Å²) in [7, 11) is 0. The summed E-state index contributed by atoms with van der Waals surface area (Å²) in [5, 5.41) is 6.07. The van der Waals surface area contributed by atoms with Crippen molar-refractivity contribution in [1.29, 1.82) is 0 Å². The van der Waals surface area contributed by atoms with Gasteiger partial charge in [-0.15, -0.1) is 12.4 Å². The molecule has 1 aromatic carbocycles. The summed E-state index contributed by atoms with van der Waals surface area (Å²) < 4.78 is 0. The van der Waals surface area contributed by atoms with E-state index in [0.717, 1.165) is 32.5 Å². The SMILES string of the molecule is Cl.O=C(NCCCc1ccccc1)C1CNC1. The molecular formula is C13H19ClN2O. The lowest BCUT2D eigenvalue weighted by Gasteiger charge is -2.25. The largest absolute Gasteiger partial charge is 0.356 e. The zero-order valence-corrected chi connectivity index (χ0v) is 10.6. The van der Waals surface area contributed by atoms with Crippen LogP contribution in [0.2, 0.25) is 0 Å². The van der Waals surface area contributed by atoms with E-state index in [1.807, 2.05) is 18.2 Å². The van der Waals surface area contributed by atoms with Gasteiger partial charge in [0.15, 0.2) is 0 Å². The molecule has 0 atom stereocenters. The molecule has 0 aromatic heterocycles. The van der Waals surface area contributed by atoms with E-state index >= 15 is 0 Å². The zero-order chi connectivity index (χ0) is 11.2. The highest BCUT2D eigenvalue weighted by atomic mass is 35.5. The third kappa shape index (κ3) is 4.36. The average molecular weight is 255 g/mol. The van der Waals surface area contributed by atoms with Gasteiger partial charge in [0.2, 0.25) is 5.91 Å². The number of rotatable bonds is 5. The van der Waals surface area contributed by atoms with Gasteiger partial charge >= 0.3 is 0 Å². The third-order valence-electron chi connectivity index (χ3n) is 2.94. The number of carbonyl (C=O) groups is 1. The third-order valence-corrected chi connectivity index (χ3v) is 2.94. The van der Waals surface area contributed by atoms with Crippen LogP contribution >= 0.6 is 12.4 Å². The molecule has 1 fully saturated rings. The van der Waals surface area contributed by atoms with E-state index in [9.17, 15) is 4.79 Å². The van der Waals surface area contributed by atoms with Crippen molar-refractivity contribution < 1.29 is 4.79 Å². The minimum absolute atomic E-state index is 0. The molecule has 0 radical (unpaired) electrons. The second-order valence-corrected chi connectivity index (χ2v) is 4.24. The Kier molecular flexibility index (Phi) is 6.01. The molecule has 1 heterocycles. The van der Waals surface area contributed by atoms with Gasteiger partial charge in [-0.2, -0.15) is 0 Å². The Hall–Kier alpha value is -1.06. The minimum Gasteiger partial charge on any atom is -0.356 e. The van der Waals surface area contributed by atoms with Crippen molar-refractivity contribution in [3.8, 4) is 0 Å². The van der Waals surface area contributed by atoms with Crippen LogP contribution < -0.4 is 10.6 Å². The molecule has 0 saturated carbocycles. The monoisotopic (exact) mass is 254 g/mol. The van der Waals surface area contributed by atoms with Crippen molar-refractivity contribution in [2.24, 2.45) is 5.92 Å². The van der Waals surface area contributed by atoms with Crippen LogP contribution in [0.4, 0.5) is 0 Å². The van der Waals surface area contributed by atoms with Gasteiger partial charge < -0.3 is 10.6 Å². The van der Waals surface area contributed by atoms with Gasteiger partial charge in [-0.3, -0.25) is 4.79 Å². The number of hydrogen-bond acceptors (Lipinski definition) is 2. The molecule has 0 aliphatic carbocycles. The quantitative estimate of drug-likeness (QED) is 0.780. The van der Waals surface area contributed by atoms with Gasteiger partial charge in [0.1, 0.15) is 0 Å². The summed E-state index contributed by atoms with van der Waals surface area (Å²) in [4.78, 5) is 11.5. The number of amides is 1. The van der Waals surface area contributed by atoms with Crippen LogP contribution in [0.5, 0.6) is 0 Å². The Morgan fingerprint density at radius 3 is 2.59 bits per heavy atom. The molecule has 1 aliphatic rings. The first kappa shape index (κ1) is 14.0. The summed E-state index contributed by atoms with van der Waals surface area (Å²) >= 11 is 0. The van der Waals surface area contributed by atoms with Crippen LogP contribution in [-0.4, -0.2) is 25.5 Å². The number of halogens is 1. The van der Waals surface area contributed by atoms with Crippen molar-refractivity contribution >= 4 is 18.3 Å². The fraction of sp³-hybridized carbons (Fsp3) is 0.462. The second kappa shape index (κ2) is 7.30. The van der Waals surface area contributed by atoms with Crippen LogP contribution in [0.25, 0.3) is 0 Å². The Balaban J connectivity index is 0.00000144. The summed E-state index contributed by atoms with van der Waals surface area (Å²) in [5.41, 5.74) is 1.34. The molecule has 2 rings (SSSR count). The molecule has 0 spiro atoms. The van der Waals surface area contributed by atoms with Crippen molar-refractivity contribution in [1.82, 2.24) is 10.6 Å². The van der Waals surface area contributed by atoms with Crippen molar-refractivity contribution in [3.63, 3.8) is 0 Å². The Morgan fingerprint density at radius 2 is 2.00 bits per heavy atom. The van der Waals surface area contributed by atoms with Crippen molar-refractivity contribution in [2.75, 3.05) is 19.6 Å². The number of nitrogens with one attached hydrogen (secondary N) is 2. The molecule has 1 aliphatic heterocycles. The lowest BCUT2D eigenvalue weighted by molar-refractivity contribution is -0.126. The maximum Gasteiger partial charge on any atom is 0.225 e. The number of carbonyl (C=O) groups excluding carboxylic acids is 1. The molecule has 3 nitrogen and oxygen atoms in total. The van der Waals surface area contributed by atoms with Crippen molar-refractivity contribution in [3.05, 3.63) is 35.9 Å². The van der Waals surface area contributed by atoms with Gasteiger partial charge in [0, 0.05) is 19.6 Å². The maximum absolute atomic E-state index is 11.5. The van der Waals surface area contributed by atoms with Crippen molar-refractivity contribution in [2.45, 2.75) is 12.8 Å². The van der Waals surface area contributed by atoms with Crippen LogP contribution in [0.3, 0.4) is 0 Å². The number of hydrogen-bond donors (Lipinski definition) is 2. The average Bonchev–Trinajstić information content (AvgIpc) is 2.23. The van der Waals surface area contributed by atoms with Gasteiger partial charge in [-0.1, -0.05) is 30.3 Å². The lowest BCUT2D eigenvalue weighted by Crippen LogP contribution is -2.50. The topological polar surface area (TPSA) is 41.1 Å². The molecule has 0 unspecified atom stereocenters. The predicted molar refractivity (Wildman–Crippen MR) is 71.4 cm³/mol. The maximum atomic E-state index is 11.5. The first-order valence-corrected chi connectivity index (χ1v) is 5.88. The van der Waals surface area contributed by atoms with Gasteiger partial charge in [-0.25, -0.2) is 0 Å². The highest BCUT2D eigenvalue weighted by Gasteiger charge is 2.23. The summed E-state index contributed by atoms with van der Waals surface area (Å²) in [6.45, 7) is 2.46. The van der Waals surface area contributed by atoms with E-state index in [-0.39, 0.29) is 24.2 Å². The van der Waals surface area contributed by atoms with E-state index < -0.39 is 0 Å². The molecule has 4 heteroatoms. The highest BCUT2D eigenvalue weighted by Crippen LogP contribution is 2.03. The van der Waals surface area contributed by atoms with Crippen LogP contribution in [0.15, 0.2) is 30.3 Å². The van der Waals surface area contributed by atoms with Crippen LogP contribution in [0.1, 0.15) is 12.0 Å². The lowest BCUT2D eigenvalue weighted by atomic mass is 10.0. The van der Waals surface area contributed by atoms with Gasteiger partial charge in [0.25, 0.3) is 0 Å². The first-order valence-electron chi connectivity index (χ1n) is 5.88. The molecule has 0 bridgehead atoms. The van der Waals surface area contributed by atoms with E-state index in [1.54, 1.807) is 0 Å². The molecule has 1 amide bonds.